The summed E-state index contributed by atoms with van der Waals surface area (Å²) < 4.78 is 5.41. The molecule has 0 aliphatic heterocycles. The number of carbonyl (C=O) groups excluding carboxylic acids is 6. The minimum absolute atomic E-state index is 0.0493. The van der Waals surface area contributed by atoms with Crippen molar-refractivity contribution in [2.75, 3.05) is 20.2 Å². The molecule has 3 aromatic carbocycles. The lowest BCUT2D eigenvalue weighted by Crippen LogP contribution is -2.59. The number of rotatable bonds is 24. The number of esters is 1. The molecule has 2 bridgehead atoms. The van der Waals surface area contributed by atoms with E-state index in [1.165, 1.54) is 32.6 Å². The molecular weight excluding hydrogens is 849 g/mol. The third kappa shape index (κ3) is 16.0. The van der Waals surface area contributed by atoms with Gasteiger partial charge in [-0.05, 0) is 117 Å². The van der Waals surface area contributed by atoms with Crippen LogP contribution in [0.2, 0.25) is 0 Å². The van der Waals surface area contributed by atoms with Crippen LogP contribution >= 0.6 is 0 Å². The summed E-state index contributed by atoms with van der Waals surface area (Å²) in [6, 6.07) is 20.3. The first-order chi connectivity index (χ1) is 31.9. The Hall–Kier alpha value is -5.60. The van der Waals surface area contributed by atoms with Gasteiger partial charge in [0.05, 0.1) is 6.61 Å². The number of nitrogens with one attached hydrogen (secondary N) is 5. The Morgan fingerprint density at radius 2 is 1.28 bits per heavy atom. The first kappa shape index (κ1) is 52.4. The van der Waals surface area contributed by atoms with Crippen LogP contribution in [-0.2, 0) is 47.2 Å². The third-order valence-electron chi connectivity index (χ3n) is 13.2. The van der Waals surface area contributed by atoms with E-state index in [9.17, 15) is 33.9 Å². The van der Waals surface area contributed by atoms with Crippen molar-refractivity contribution in [3.05, 3.63) is 107 Å². The largest absolute Gasteiger partial charge is 0.459 e. The fraction of sp³-hybridized carbons (Fsp3) is 0.547. The van der Waals surface area contributed by atoms with Crippen molar-refractivity contribution in [3.63, 3.8) is 0 Å². The van der Waals surface area contributed by atoms with E-state index >= 15 is 0 Å². The molecule has 8 atom stereocenters. The molecule has 0 heterocycles. The average Bonchev–Trinajstić information content (AvgIpc) is 3.95. The summed E-state index contributed by atoms with van der Waals surface area (Å²) in [6.45, 7) is 11.6. The normalized spacial score (nSPS) is 18.9. The molecule has 364 valence electrons. The van der Waals surface area contributed by atoms with Crippen LogP contribution in [0.4, 0.5) is 0 Å². The van der Waals surface area contributed by atoms with E-state index in [0.29, 0.717) is 18.0 Å². The van der Waals surface area contributed by atoms with Crippen molar-refractivity contribution in [1.82, 2.24) is 31.5 Å². The summed E-state index contributed by atoms with van der Waals surface area (Å²) in [5.74, 6) is -2.28. The van der Waals surface area contributed by atoms with E-state index in [1.807, 2.05) is 74.5 Å². The van der Waals surface area contributed by atoms with Gasteiger partial charge in [0, 0.05) is 18.0 Å². The highest BCUT2D eigenvalue weighted by atomic mass is 16.5. The van der Waals surface area contributed by atoms with E-state index in [4.69, 9.17) is 4.74 Å². The fourth-order valence-electron chi connectivity index (χ4n) is 9.25. The van der Waals surface area contributed by atoms with Gasteiger partial charge in [-0.1, -0.05) is 114 Å². The van der Waals surface area contributed by atoms with Gasteiger partial charge in [-0.2, -0.15) is 0 Å². The molecule has 3 unspecified atom stereocenters. The fourth-order valence-corrected chi connectivity index (χ4v) is 9.25. The number of nitrogens with zero attached hydrogens (tertiary/aromatic N) is 1. The molecule has 14 heteroatoms. The van der Waals surface area contributed by atoms with E-state index in [1.54, 1.807) is 24.3 Å². The summed E-state index contributed by atoms with van der Waals surface area (Å²) in [4.78, 5) is 84.8. The molecule has 3 aromatic rings. The zero-order chi connectivity index (χ0) is 48.7. The molecule has 6 N–H and O–H groups in total. The Morgan fingerprint density at radius 3 is 1.87 bits per heavy atom. The quantitative estimate of drug-likeness (QED) is 0.0507. The average molecular weight is 923 g/mol. The number of aliphatic hydroxyl groups excluding tert-OH is 1. The van der Waals surface area contributed by atoms with Gasteiger partial charge in [-0.3, -0.25) is 24.0 Å². The summed E-state index contributed by atoms with van der Waals surface area (Å²) in [7, 11) is 2.15. The Kier molecular flexibility index (Phi) is 19.5. The molecule has 2 saturated carbocycles. The molecule has 0 aromatic heterocycles. The van der Waals surface area contributed by atoms with Crippen LogP contribution in [0.3, 0.4) is 0 Å². The van der Waals surface area contributed by atoms with Crippen LogP contribution in [0.25, 0.3) is 0 Å². The highest BCUT2D eigenvalue weighted by molar-refractivity contribution is 5.99. The number of fused-ring (bicyclic) bond motifs is 2. The second kappa shape index (κ2) is 25.0. The first-order valence-electron chi connectivity index (χ1n) is 24.1. The molecule has 2 fully saturated rings. The van der Waals surface area contributed by atoms with E-state index in [-0.39, 0.29) is 37.2 Å². The SMILES string of the molecule is CC(C)C[C@H](NC(=O)[C@H](C)NC(=O)[C@H](Cc1ccccc1)NC(=O)c1ccc(C(C)(C)C)cc1)C(=O)N[C@@H](CCCCN(C)C1CC2CCC1C2)C(=O)N[C@@H](CO)C(=O)OCc1ccccc1. The minimum Gasteiger partial charge on any atom is -0.459 e. The van der Waals surface area contributed by atoms with Gasteiger partial charge in [-0.25, -0.2) is 4.79 Å². The summed E-state index contributed by atoms with van der Waals surface area (Å²) in [5, 5.41) is 24.0. The van der Waals surface area contributed by atoms with Crippen molar-refractivity contribution in [3.8, 4) is 0 Å². The van der Waals surface area contributed by atoms with Crippen molar-refractivity contribution in [2.24, 2.45) is 17.8 Å². The number of ether oxygens (including phenoxy) is 1. The number of unbranched alkanes of at least 4 members (excludes halogenated alkanes) is 1. The highest BCUT2D eigenvalue weighted by Gasteiger charge is 2.41. The van der Waals surface area contributed by atoms with Gasteiger partial charge in [0.25, 0.3) is 5.91 Å². The number of benzene rings is 3. The Bertz CT molecular complexity index is 2090. The first-order valence-corrected chi connectivity index (χ1v) is 24.1. The maximum atomic E-state index is 14.2. The monoisotopic (exact) mass is 923 g/mol. The van der Waals surface area contributed by atoms with Gasteiger partial charge >= 0.3 is 5.97 Å². The molecule has 0 saturated heterocycles. The lowest BCUT2D eigenvalue weighted by atomic mass is 9.86. The second-order valence-corrected chi connectivity index (χ2v) is 20.1. The Labute approximate surface area is 397 Å². The second-order valence-electron chi connectivity index (χ2n) is 20.1. The number of aliphatic hydroxyl groups is 1. The Balaban J connectivity index is 1.24. The Morgan fingerprint density at radius 1 is 0.687 bits per heavy atom. The van der Waals surface area contributed by atoms with Crippen LogP contribution in [0.15, 0.2) is 84.9 Å². The number of amides is 5. The minimum atomic E-state index is -1.38. The van der Waals surface area contributed by atoms with Gasteiger partial charge in [-0.15, -0.1) is 0 Å². The van der Waals surface area contributed by atoms with Crippen LogP contribution in [0, 0.1) is 17.8 Å². The van der Waals surface area contributed by atoms with Gasteiger partial charge in [0.15, 0.2) is 6.04 Å². The molecular formula is C53H74N6O8. The van der Waals surface area contributed by atoms with Gasteiger partial charge in [0.1, 0.15) is 30.8 Å². The lowest BCUT2D eigenvalue weighted by molar-refractivity contribution is -0.150. The highest BCUT2D eigenvalue weighted by Crippen LogP contribution is 2.46. The van der Waals surface area contributed by atoms with E-state index in [2.05, 4.69) is 59.3 Å². The molecule has 5 rings (SSSR count). The molecule has 2 aliphatic carbocycles. The molecule has 5 amide bonds. The predicted molar refractivity (Wildman–Crippen MR) is 258 cm³/mol. The van der Waals surface area contributed by atoms with E-state index < -0.39 is 72.3 Å². The van der Waals surface area contributed by atoms with Gasteiger partial charge in [0.2, 0.25) is 23.6 Å². The summed E-state index contributed by atoms with van der Waals surface area (Å²) in [6.07, 6.45) is 7.06. The zero-order valence-corrected chi connectivity index (χ0v) is 40.5. The lowest BCUT2D eigenvalue weighted by Gasteiger charge is -2.31. The summed E-state index contributed by atoms with van der Waals surface area (Å²) in [5.41, 5.74) is 2.88. The van der Waals surface area contributed by atoms with Crippen LogP contribution in [0.5, 0.6) is 0 Å². The molecule has 0 spiro atoms. The maximum absolute atomic E-state index is 14.2. The van der Waals surface area contributed by atoms with Gasteiger partial charge < -0.3 is 41.3 Å². The third-order valence-corrected chi connectivity index (χ3v) is 13.2. The maximum Gasteiger partial charge on any atom is 0.331 e. The van der Waals surface area contributed by atoms with Crippen molar-refractivity contribution in [2.45, 2.75) is 148 Å². The smallest absolute Gasteiger partial charge is 0.331 e. The molecule has 2 aliphatic rings. The van der Waals surface area contributed by atoms with Crippen LogP contribution in [0.1, 0.15) is 120 Å². The van der Waals surface area contributed by atoms with E-state index in [0.717, 1.165) is 41.5 Å². The van der Waals surface area contributed by atoms with Crippen molar-refractivity contribution >= 4 is 35.5 Å². The standard InChI is InChI=1S/C53H74N6O8/c1-34(2)28-43(56-47(61)35(3)54-50(64)44(30-36-16-10-8-11-17-36)57-48(62)39-23-25-41(26-24-39)53(4,5)6)51(65)55-42(20-14-15-27-59(7)46-31-38-21-22-40(46)29-38)49(63)58-45(32-60)52(66)67-33-37-18-12-9-13-19-37/h8-13,16-19,23-26,34-35,38,40,42-46,60H,14-15,20-22,27-33H2,1-7H3,(H,54,64)(H,55,65)(H,56,61)(H,57,62)(H,58,63)/t35-,38?,40?,42-,43-,44-,45-,46?/m0/s1. The topological polar surface area (TPSA) is 195 Å². The zero-order valence-electron chi connectivity index (χ0n) is 40.5. The molecule has 0 radical (unpaired) electrons. The summed E-state index contributed by atoms with van der Waals surface area (Å²) >= 11 is 0. The molecule has 67 heavy (non-hydrogen) atoms. The predicted octanol–water partition coefficient (Wildman–Crippen LogP) is 5.36. The van der Waals surface area contributed by atoms with Crippen molar-refractivity contribution < 1.29 is 38.6 Å². The van der Waals surface area contributed by atoms with Crippen molar-refractivity contribution in [1.29, 1.82) is 0 Å². The van der Waals surface area contributed by atoms with Crippen LogP contribution < -0.4 is 26.6 Å². The molecule has 14 nitrogen and oxygen atoms in total. The van der Waals surface area contributed by atoms with Crippen LogP contribution in [-0.4, -0.2) is 102 Å². The number of hydrogen-bond donors (Lipinski definition) is 6. The number of carbonyl (C=O) groups is 6. The number of hydrogen-bond acceptors (Lipinski definition) is 9.